The Morgan fingerprint density at radius 3 is 2.46 bits per heavy atom. The summed E-state index contributed by atoms with van der Waals surface area (Å²) in [5.41, 5.74) is 1.17. The minimum atomic E-state index is -3.72. The number of primary sulfonamides is 1. The van der Waals surface area contributed by atoms with Gasteiger partial charge in [-0.25, -0.2) is 18.5 Å². The molecule has 2 atom stereocenters. The molecule has 1 aliphatic rings. The summed E-state index contributed by atoms with van der Waals surface area (Å²) >= 11 is 0. The van der Waals surface area contributed by atoms with Crippen LogP contribution in [0.25, 0.3) is 0 Å². The van der Waals surface area contributed by atoms with Gasteiger partial charge in [-0.1, -0.05) is 26.0 Å². The maximum atomic E-state index is 12.6. The average Bonchev–Trinajstić information content (AvgIpc) is 3.14. The maximum absolute atomic E-state index is 12.6. The molecule has 0 bridgehead atoms. The lowest BCUT2D eigenvalue weighted by atomic mass is 10.0. The Hall–Kier alpha value is -2.45. The van der Waals surface area contributed by atoms with E-state index in [9.17, 15) is 13.2 Å². The molecule has 3 N–H and O–H groups in total. The number of nitrogens with one attached hydrogen (secondary N) is 1. The van der Waals surface area contributed by atoms with Gasteiger partial charge in [0.2, 0.25) is 15.9 Å². The Balaban J connectivity index is 1.79. The first-order valence-corrected chi connectivity index (χ1v) is 9.63. The van der Waals surface area contributed by atoms with Gasteiger partial charge in [0.25, 0.3) is 5.91 Å². The third-order valence-electron chi connectivity index (χ3n) is 4.89. The zero-order valence-corrected chi connectivity index (χ0v) is 15.6. The lowest BCUT2D eigenvalue weighted by Gasteiger charge is -2.09. The average molecular weight is 375 g/mol. The molecule has 8 heteroatoms. The minimum Gasteiger partial charge on any atom is -0.480 e. The van der Waals surface area contributed by atoms with Crippen molar-refractivity contribution < 1.29 is 17.9 Å². The van der Waals surface area contributed by atoms with Crippen LogP contribution in [0, 0.1) is 5.41 Å². The van der Waals surface area contributed by atoms with Crippen molar-refractivity contribution >= 4 is 15.9 Å². The van der Waals surface area contributed by atoms with E-state index in [1.807, 2.05) is 0 Å². The Bertz CT molecular complexity index is 939. The van der Waals surface area contributed by atoms with Gasteiger partial charge in [-0.15, -0.1) is 0 Å². The fourth-order valence-corrected chi connectivity index (χ4v) is 3.85. The zero-order valence-electron chi connectivity index (χ0n) is 14.8. The molecule has 0 radical (unpaired) electrons. The van der Waals surface area contributed by atoms with E-state index in [1.54, 1.807) is 30.5 Å². The zero-order chi connectivity index (χ0) is 19.1. The molecule has 3 rings (SSSR count). The smallest absolute Gasteiger partial charge is 0.257 e. The normalized spacial score (nSPS) is 21.1. The number of rotatable bonds is 5. The van der Waals surface area contributed by atoms with E-state index in [2.05, 4.69) is 24.1 Å². The number of sulfonamides is 1. The van der Waals surface area contributed by atoms with E-state index in [-0.39, 0.29) is 34.1 Å². The van der Waals surface area contributed by atoms with Gasteiger partial charge in [0.05, 0.1) is 12.0 Å². The highest BCUT2D eigenvalue weighted by Gasteiger charge is 2.59. The number of hydrogen-bond acceptors (Lipinski definition) is 5. The molecular weight excluding hydrogens is 354 g/mol. The van der Waals surface area contributed by atoms with Crippen molar-refractivity contribution in [3.05, 3.63) is 53.7 Å². The molecule has 1 amide bonds. The van der Waals surface area contributed by atoms with Crippen molar-refractivity contribution in [3.63, 3.8) is 0 Å². The lowest BCUT2D eigenvalue weighted by Crippen LogP contribution is -2.29. The summed E-state index contributed by atoms with van der Waals surface area (Å²) in [6.07, 6.45) is 1.56. The molecule has 1 aromatic carbocycles. The molecule has 1 aliphatic carbocycles. The second-order valence-corrected chi connectivity index (χ2v) is 8.49. The molecule has 1 fully saturated rings. The summed E-state index contributed by atoms with van der Waals surface area (Å²) in [6, 6.07) is 9.71. The standard InChI is InChI=1S/C18H21N3O4S/c1-18(2)14(11-6-8-12(9-7-11)26(19,23)24)15(18)21-16(22)13-5-4-10-20-17(13)25-3/h4-10,14-15H,1-3H3,(H,21,22)(H2,19,23,24)/t14-,15-/m1/s1. The van der Waals surface area contributed by atoms with E-state index in [4.69, 9.17) is 9.88 Å². The van der Waals surface area contributed by atoms with Crippen LogP contribution in [0.5, 0.6) is 5.88 Å². The summed E-state index contributed by atoms with van der Waals surface area (Å²) in [7, 11) is -2.25. The topological polar surface area (TPSA) is 111 Å². The third-order valence-corrected chi connectivity index (χ3v) is 5.82. The van der Waals surface area contributed by atoms with E-state index in [0.717, 1.165) is 5.56 Å². The number of amides is 1. The molecule has 0 saturated heterocycles. The fraction of sp³-hybridized carbons (Fsp3) is 0.333. The van der Waals surface area contributed by atoms with Crippen molar-refractivity contribution in [2.45, 2.75) is 30.7 Å². The Labute approximate surface area is 152 Å². The lowest BCUT2D eigenvalue weighted by molar-refractivity contribution is 0.0942. The maximum Gasteiger partial charge on any atom is 0.257 e. The summed E-state index contributed by atoms with van der Waals surface area (Å²) in [5.74, 6) is 0.0952. The fourth-order valence-electron chi connectivity index (χ4n) is 3.34. The van der Waals surface area contributed by atoms with E-state index >= 15 is 0 Å². The molecule has 0 aliphatic heterocycles. The highest BCUT2D eigenvalue weighted by molar-refractivity contribution is 7.89. The van der Waals surface area contributed by atoms with Crippen LogP contribution < -0.4 is 15.2 Å². The first-order chi connectivity index (χ1) is 12.2. The Kier molecular flexibility index (Phi) is 4.49. The van der Waals surface area contributed by atoms with Gasteiger partial charge in [0.1, 0.15) is 5.56 Å². The van der Waals surface area contributed by atoms with E-state index < -0.39 is 10.0 Å². The summed E-state index contributed by atoms with van der Waals surface area (Å²) in [5, 5.41) is 8.16. The van der Waals surface area contributed by atoms with Gasteiger partial charge < -0.3 is 10.1 Å². The molecule has 1 saturated carbocycles. The van der Waals surface area contributed by atoms with Gasteiger partial charge in [0, 0.05) is 18.2 Å². The number of pyridine rings is 1. The first kappa shape index (κ1) is 18.3. The highest BCUT2D eigenvalue weighted by Crippen LogP contribution is 2.58. The number of benzene rings is 1. The van der Waals surface area contributed by atoms with Crippen molar-refractivity contribution in [2.75, 3.05) is 7.11 Å². The number of ether oxygens (including phenoxy) is 1. The molecule has 1 heterocycles. The highest BCUT2D eigenvalue weighted by atomic mass is 32.2. The van der Waals surface area contributed by atoms with Crippen LogP contribution in [0.1, 0.15) is 35.7 Å². The molecular formula is C18H21N3O4S. The number of aromatic nitrogens is 1. The first-order valence-electron chi connectivity index (χ1n) is 8.09. The number of carbonyl (C=O) groups excluding carboxylic acids is 1. The summed E-state index contributed by atoms with van der Waals surface area (Å²) in [6.45, 7) is 4.10. The van der Waals surface area contributed by atoms with Gasteiger partial charge in [-0.3, -0.25) is 4.79 Å². The number of methoxy groups -OCH3 is 1. The predicted molar refractivity (Wildman–Crippen MR) is 96.4 cm³/mol. The monoisotopic (exact) mass is 375 g/mol. The van der Waals surface area contributed by atoms with Gasteiger partial charge >= 0.3 is 0 Å². The SMILES string of the molecule is COc1ncccc1C(=O)N[C@@H]1[C@@H](c2ccc(S(N)(=O)=O)cc2)C1(C)C. The van der Waals surface area contributed by atoms with Crippen LogP contribution in [0.15, 0.2) is 47.5 Å². The molecule has 0 unspecified atom stereocenters. The van der Waals surface area contributed by atoms with Crippen LogP contribution in [-0.2, 0) is 10.0 Å². The number of carbonyl (C=O) groups is 1. The largest absolute Gasteiger partial charge is 0.480 e. The Morgan fingerprint density at radius 1 is 1.23 bits per heavy atom. The van der Waals surface area contributed by atoms with Gasteiger partial charge in [-0.05, 0) is 35.2 Å². The number of nitrogens with two attached hydrogens (primary N) is 1. The molecule has 26 heavy (non-hydrogen) atoms. The second kappa shape index (κ2) is 6.37. The van der Waals surface area contributed by atoms with Crippen LogP contribution in [-0.4, -0.2) is 32.5 Å². The number of nitrogens with zero attached hydrogens (tertiary/aromatic N) is 1. The van der Waals surface area contributed by atoms with Crippen LogP contribution in [0.2, 0.25) is 0 Å². The number of hydrogen-bond donors (Lipinski definition) is 2. The molecule has 0 spiro atoms. The second-order valence-electron chi connectivity index (χ2n) is 6.92. The van der Waals surface area contributed by atoms with Gasteiger partial charge in [-0.2, -0.15) is 0 Å². The quantitative estimate of drug-likeness (QED) is 0.825. The van der Waals surface area contributed by atoms with Crippen LogP contribution in [0.3, 0.4) is 0 Å². The predicted octanol–water partition coefficient (Wildman–Crippen LogP) is 1.66. The van der Waals surface area contributed by atoms with E-state index in [1.165, 1.54) is 19.2 Å². The molecule has 7 nitrogen and oxygen atoms in total. The van der Waals surface area contributed by atoms with Crippen molar-refractivity contribution in [2.24, 2.45) is 10.6 Å². The van der Waals surface area contributed by atoms with Crippen LogP contribution in [0.4, 0.5) is 0 Å². The molecule has 138 valence electrons. The van der Waals surface area contributed by atoms with E-state index in [0.29, 0.717) is 5.56 Å². The summed E-state index contributed by atoms with van der Waals surface area (Å²) in [4.78, 5) is 16.7. The van der Waals surface area contributed by atoms with Crippen molar-refractivity contribution in [1.82, 2.24) is 10.3 Å². The minimum absolute atomic E-state index is 0.0698. The third kappa shape index (κ3) is 3.30. The van der Waals surface area contributed by atoms with Crippen LogP contribution >= 0.6 is 0 Å². The Morgan fingerprint density at radius 2 is 1.88 bits per heavy atom. The summed E-state index contributed by atoms with van der Waals surface area (Å²) < 4.78 is 27.9. The van der Waals surface area contributed by atoms with Gasteiger partial charge in [0.15, 0.2) is 0 Å². The van der Waals surface area contributed by atoms with Crippen molar-refractivity contribution in [3.8, 4) is 5.88 Å². The molecule has 2 aromatic rings. The molecule has 1 aromatic heterocycles. The van der Waals surface area contributed by atoms with Crippen molar-refractivity contribution in [1.29, 1.82) is 0 Å².